The van der Waals surface area contributed by atoms with Crippen LogP contribution in [0.5, 0.6) is 0 Å². The Kier molecular flexibility index (Phi) is 4.32. The highest BCUT2D eigenvalue weighted by molar-refractivity contribution is 5.95. The molecular formula is C19H24N4O. The van der Waals surface area contributed by atoms with Gasteiger partial charge >= 0.3 is 0 Å². The van der Waals surface area contributed by atoms with Gasteiger partial charge in [0.15, 0.2) is 0 Å². The standard InChI is InChI=1S/C19H24N4O/c24-19(16-5-4-8-18(11-16)23-14-20-13-21-23)22(12-15-9-10-15)17-6-2-1-3-7-17/h4-5,8,11,13-15,17H,1-3,6-7,9-10,12H2. The summed E-state index contributed by atoms with van der Waals surface area (Å²) >= 11 is 0. The van der Waals surface area contributed by atoms with E-state index in [4.69, 9.17) is 0 Å². The molecule has 0 bridgehead atoms. The first-order valence-corrected chi connectivity index (χ1v) is 9.07. The third kappa shape index (κ3) is 3.35. The highest BCUT2D eigenvalue weighted by Crippen LogP contribution is 2.33. The second-order valence-corrected chi connectivity index (χ2v) is 7.08. The normalized spacial score (nSPS) is 18.5. The van der Waals surface area contributed by atoms with Crippen molar-refractivity contribution in [1.82, 2.24) is 19.7 Å². The number of nitrogens with zero attached hydrogens (tertiary/aromatic N) is 4. The monoisotopic (exact) mass is 324 g/mol. The Morgan fingerprint density at radius 2 is 2.00 bits per heavy atom. The minimum absolute atomic E-state index is 0.177. The first-order chi connectivity index (χ1) is 11.8. The van der Waals surface area contributed by atoms with Crippen LogP contribution < -0.4 is 0 Å². The Labute approximate surface area is 142 Å². The maximum atomic E-state index is 13.2. The van der Waals surface area contributed by atoms with E-state index in [9.17, 15) is 4.79 Å². The summed E-state index contributed by atoms with van der Waals surface area (Å²) in [5.74, 6) is 0.894. The molecule has 126 valence electrons. The summed E-state index contributed by atoms with van der Waals surface area (Å²) in [6, 6.07) is 8.16. The van der Waals surface area contributed by atoms with E-state index in [2.05, 4.69) is 15.0 Å². The summed E-state index contributed by atoms with van der Waals surface area (Å²) < 4.78 is 1.70. The SMILES string of the molecule is O=C(c1cccc(-n2cncn2)c1)N(CC1CC1)C1CCCCC1. The summed E-state index contributed by atoms with van der Waals surface area (Å²) in [7, 11) is 0. The molecule has 0 N–H and O–H groups in total. The molecule has 0 spiro atoms. The van der Waals surface area contributed by atoms with Gasteiger partial charge in [-0.05, 0) is 49.8 Å². The van der Waals surface area contributed by atoms with Gasteiger partial charge in [-0.15, -0.1) is 0 Å². The van der Waals surface area contributed by atoms with Gasteiger partial charge in [0.05, 0.1) is 5.69 Å². The Hall–Kier alpha value is -2.17. The van der Waals surface area contributed by atoms with Crippen molar-refractivity contribution in [2.75, 3.05) is 6.54 Å². The summed E-state index contributed by atoms with van der Waals surface area (Å²) in [5.41, 5.74) is 1.64. The van der Waals surface area contributed by atoms with E-state index in [0.29, 0.717) is 6.04 Å². The lowest BCUT2D eigenvalue weighted by molar-refractivity contribution is 0.0622. The molecule has 0 atom stereocenters. The lowest BCUT2D eigenvalue weighted by Gasteiger charge is -2.34. The molecule has 0 aliphatic heterocycles. The van der Waals surface area contributed by atoms with Crippen LogP contribution in [0.2, 0.25) is 0 Å². The zero-order valence-electron chi connectivity index (χ0n) is 14.0. The molecule has 2 fully saturated rings. The van der Waals surface area contributed by atoms with Crippen LogP contribution in [0.4, 0.5) is 0 Å². The topological polar surface area (TPSA) is 51.0 Å². The minimum atomic E-state index is 0.177. The van der Waals surface area contributed by atoms with Gasteiger partial charge < -0.3 is 4.90 Å². The number of carbonyl (C=O) groups excluding carboxylic acids is 1. The quantitative estimate of drug-likeness (QED) is 0.846. The summed E-state index contributed by atoms with van der Waals surface area (Å²) in [6.45, 7) is 0.928. The van der Waals surface area contributed by atoms with E-state index in [0.717, 1.165) is 36.6 Å². The fourth-order valence-electron chi connectivity index (χ4n) is 3.66. The van der Waals surface area contributed by atoms with E-state index < -0.39 is 0 Å². The maximum absolute atomic E-state index is 13.2. The first kappa shape index (κ1) is 15.4. The van der Waals surface area contributed by atoms with Gasteiger partial charge in [-0.2, -0.15) is 5.10 Å². The van der Waals surface area contributed by atoms with Gasteiger partial charge in [0.25, 0.3) is 5.91 Å². The van der Waals surface area contributed by atoms with Gasteiger partial charge in [-0.3, -0.25) is 4.79 Å². The average molecular weight is 324 g/mol. The molecule has 0 radical (unpaired) electrons. The lowest BCUT2D eigenvalue weighted by atomic mass is 9.93. The van der Waals surface area contributed by atoms with E-state index in [-0.39, 0.29) is 5.91 Å². The molecule has 1 heterocycles. The van der Waals surface area contributed by atoms with Crippen molar-refractivity contribution in [3.05, 3.63) is 42.5 Å². The molecule has 2 aromatic rings. The molecule has 4 rings (SSSR count). The van der Waals surface area contributed by atoms with Gasteiger partial charge in [0, 0.05) is 18.2 Å². The smallest absolute Gasteiger partial charge is 0.254 e. The fraction of sp³-hybridized carbons (Fsp3) is 0.526. The predicted octanol–water partition coefficient (Wildman–Crippen LogP) is 3.45. The Morgan fingerprint density at radius 3 is 2.71 bits per heavy atom. The molecule has 2 aliphatic carbocycles. The number of hydrogen-bond donors (Lipinski definition) is 0. The molecule has 1 amide bonds. The van der Waals surface area contributed by atoms with Crippen molar-refractivity contribution in [1.29, 1.82) is 0 Å². The van der Waals surface area contributed by atoms with Crippen molar-refractivity contribution >= 4 is 5.91 Å². The zero-order chi connectivity index (χ0) is 16.4. The van der Waals surface area contributed by atoms with Crippen molar-refractivity contribution in [3.8, 4) is 5.69 Å². The average Bonchev–Trinajstić information content (AvgIpc) is 3.29. The van der Waals surface area contributed by atoms with Crippen LogP contribution in [0.25, 0.3) is 5.69 Å². The lowest BCUT2D eigenvalue weighted by Crippen LogP contribution is -2.42. The zero-order valence-corrected chi connectivity index (χ0v) is 14.0. The minimum Gasteiger partial charge on any atom is -0.335 e. The predicted molar refractivity (Wildman–Crippen MR) is 92.0 cm³/mol. The molecule has 5 heteroatoms. The van der Waals surface area contributed by atoms with E-state index in [1.807, 2.05) is 24.3 Å². The number of aromatic nitrogens is 3. The van der Waals surface area contributed by atoms with E-state index in [1.165, 1.54) is 38.4 Å². The number of hydrogen-bond acceptors (Lipinski definition) is 3. The van der Waals surface area contributed by atoms with Gasteiger partial charge in [0.2, 0.25) is 0 Å². The van der Waals surface area contributed by atoms with Crippen molar-refractivity contribution in [2.24, 2.45) is 5.92 Å². The fourth-order valence-corrected chi connectivity index (χ4v) is 3.66. The Bertz CT molecular complexity index is 687. The summed E-state index contributed by atoms with van der Waals surface area (Å²) in [4.78, 5) is 19.4. The Morgan fingerprint density at radius 1 is 1.17 bits per heavy atom. The van der Waals surface area contributed by atoms with Crippen molar-refractivity contribution in [2.45, 2.75) is 51.0 Å². The van der Waals surface area contributed by atoms with Gasteiger partial charge in [0.1, 0.15) is 12.7 Å². The van der Waals surface area contributed by atoms with Gasteiger partial charge in [-0.25, -0.2) is 9.67 Å². The molecule has 5 nitrogen and oxygen atoms in total. The molecule has 2 saturated carbocycles. The number of amides is 1. The van der Waals surface area contributed by atoms with E-state index >= 15 is 0 Å². The van der Waals surface area contributed by atoms with E-state index in [1.54, 1.807) is 11.0 Å². The van der Waals surface area contributed by atoms with Crippen molar-refractivity contribution < 1.29 is 4.79 Å². The molecule has 0 saturated heterocycles. The molecule has 1 aromatic heterocycles. The maximum Gasteiger partial charge on any atom is 0.254 e. The molecular weight excluding hydrogens is 300 g/mol. The van der Waals surface area contributed by atoms with Crippen LogP contribution in [0, 0.1) is 5.92 Å². The second kappa shape index (κ2) is 6.75. The molecule has 2 aliphatic rings. The summed E-state index contributed by atoms with van der Waals surface area (Å²) in [6.07, 6.45) is 11.8. The van der Waals surface area contributed by atoms with Crippen LogP contribution in [0.15, 0.2) is 36.9 Å². The summed E-state index contributed by atoms with van der Waals surface area (Å²) in [5, 5.41) is 4.16. The second-order valence-electron chi connectivity index (χ2n) is 7.08. The van der Waals surface area contributed by atoms with Crippen LogP contribution in [-0.2, 0) is 0 Å². The number of rotatable bonds is 5. The van der Waals surface area contributed by atoms with Crippen LogP contribution >= 0.6 is 0 Å². The van der Waals surface area contributed by atoms with Crippen LogP contribution in [0.3, 0.4) is 0 Å². The highest BCUT2D eigenvalue weighted by Gasteiger charge is 2.32. The molecule has 24 heavy (non-hydrogen) atoms. The number of benzene rings is 1. The van der Waals surface area contributed by atoms with Crippen LogP contribution in [0.1, 0.15) is 55.3 Å². The van der Waals surface area contributed by atoms with Crippen LogP contribution in [-0.4, -0.2) is 38.2 Å². The third-order valence-corrected chi connectivity index (χ3v) is 5.20. The number of carbonyl (C=O) groups is 1. The highest BCUT2D eigenvalue weighted by atomic mass is 16.2. The molecule has 0 unspecified atom stereocenters. The largest absolute Gasteiger partial charge is 0.335 e. The van der Waals surface area contributed by atoms with Gasteiger partial charge in [-0.1, -0.05) is 25.3 Å². The first-order valence-electron chi connectivity index (χ1n) is 9.07. The molecule has 1 aromatic carbocycles. The third-order valence-electron chi connectivity index (χ3n) is 5.20. The van der Waals surface area contributed by atoms with Crippen molar-refractivity contribution in [3.63, 3.8) is 0 Å². The Balaban J connectivity index is 1.58.